The number of aryl methyl sites for hydroxylation is 1. The van der Waals surface area contributed by atoms with Gasteiger partial charge in [-0.2, -0.15) is 0 Å². The number of nitrogens with zero attached hydrogens (tertiary/aromatic N) is 3. The average molecular weight is 477 g/mol. The molecule has 1 N–H and O–H groups in total. The van der Waals surface area contributed by atoms with Crippen molar-refractivity contribution in [3.63, 3.8) is 0 Å². The Morgan fingerprint density at radius 1 is 0.914 bits per heavy atom. The number of rotatable bonds is 6. The van der Waals surface area contributed by atoms with Gasteiger partial charge in [0.2, 0.25) is 0 Å². The molecule has 2 aromatic carbocycles. The molecule has 2 saturated heterocycles. The number of aromatic amines is 1. The molecule has 3 heterocycles. The zero-order chi connectivity index (χ0) is 24.5. The Morgan fingerprint density at radius 3 is 2.29 bits per heavy atom. The summed E-state index contributed by atoms with van der Waals surface area (Å²) in [7, 11) is 3.32. The fraction of sp³-hybridized carbons (Fsp3) is 0.552. The summed E-state index contributed by atoms with van der Waals surface area (Å²) in [5, 5.41) is 0. The van der Waals surface area contributed by atoms with Gasteiger partial charge < -0.3 is 24.3 Å². The molecule has 2 aliphatic heterocycles. The number of imidazole rings is 1. The second kappa shape index (κ2) is 10.2. The molecule has 188 valence electrons. The van der Waals surface area contributed by atoms with Crippen LogP contribution in [0.2, 0.25) is 0 Å². The highest BCUT2D eigenvalue weighted by Crippen LogP contribution is 2.35. The van der Waals surface area contributed by atoms with E-state index in [1.165, 1.54) is 63.0 Å². The van der Waals surface area contributed by atoms with Crippen LogP contribution in [-0.4, -0.2) is 72.3 Å². The summed E-state index contributed by atoms with van der Waals surface area (Å²) in [5.74, 6) is 2.92. The van der Waals surface area contributed by atoms with Gasteiger partial charge in [0.25, 0.3) is 0 Å². The van der Waals surface area contributed by atoms with Gasteiger partial charge in [0.05, 0.1) is 25.3 Å². The summed E-state index contributed by atoms with van der Waals surface area (Å²) in [6.07, 6.45) is 5.12. The van der Waals surface area contributed by atoms with E-state index in [0.29, 0.717) is 17.7 Å². The van der Waals surface area contributed by atoms with Crippen LogP contribution in [0.4, 0.5) is 0 Å². The van der Waals surface area contributed by atoms with E-state index >= 15 is 0 Å². The maximum Gasteiger partial charge on any atom is 0.161 e. The highest BCUT2D eigenvalue weighted by molar-refractivity contribution is 5.83. The third-order valence-corrected chi connectivity index (χ3v) is 8.20. The molecule has 5 rings (SSSR count). The first-order valence-corrected chi connectivity index (χ1v) is 13.2. The Bertz CT molecular complexity index is 1150. The van der Waals surface area contributed by atoms with E-state index in [0.717, 1.165) is 34.2 Å². The first-order chi connectivity index (χ1) is 17.0. The fourth-order valence-corrected chi connectivity index (χ4v) is 6.04. The predicted octanol–water partition coefficient (Wildman–Crippen LogP) is 5.61. The Kier molecular flexibility index (Phi) is 7.03. The molecular weight excluding hydrogens is 436 g/mol. The zero-order valence-electron chi connectivity index (χ0n) is 21.9. The molecule has 1 aromatic heterocycles. The van der Waals surface area contributed by atoms with E-state index in [1.54, 1.807) is 14.2 Å². The van der Waals surface area contributed by atoms with Crippen molar-refractivity contribution < 1.29 is 9.47 Å². The lowest BCUT2D eigenvalue weighted by Crippen LogP contribution is -2.48. The van der Waals surface area contributed by atoms with Crippen LogP contribution >= 0.6 is 0 Å². The highest BCUT2D eigenvalue weighted by atomic mass is 16.5. The largest absolute Gasteiger partial charge is 0.493 e. The topological polar surface area (TPSA) is 53.6 Å². The maximum atomic E-state index is 5.49. The lowest BCUT2D eigenvalue weighted by molar-refractivity contribution is 0.0753. The van der Waals surface area contributed by atoms with E-state index in [1.807, 2.05) is 18.2 Å². The molecule has 0 aliphatic carbocycles. The Labute approximate surface area is 209 Å². The third-order valence-electron chi connectivity index (χ3n) is 8.20. The number of aromatic nitrogens is 2. The van der Waals surface area contributed by atoms with Crippen molar-refractivity contribution >= 4 is 11.0 Å². The number of benzene rings is 2. The maximum absolute atomic E-state index is 5.49. The number of hydrogen-bond donors (Lipinski definition) is 1. The number of H-pyrrole nitrogens is 1. The van der Waals surface area contributed by atoms with E-state index in [-0.39, 0.29) is 0 Å². The number of nitrogens with one attached hydrogen (secondary N) is 1. The minimum absolute atomic E-state index is 0.623. The number of fused-ring (bicyclic) bond motifs is 1. The molecule has 2 fully saturated rings. The van der Waals surface area contributed by atoms with Crippen LogP contribution in [0.3, 0.4) is 0 Å². The molecule has 0 saturated carbocycles. The lowest BCUT2D eigenvalue weighted by Gasteiger charge is -2.43. The minimum Gasteiger partial charge on any atom is -0.493 e. The number of methoxy groups -OCH3 is 2. The molecule has 0 radical (unpaired) electrons. The average Bonchev–Trinajstić information content (AvgIpc) is 3.33. The van der Waals surface area contributed by atoms with E-state index in [4.69, 9.17) is 14.5 Å². The van der Waals surface area contributed by atoms with Gasteiger partial charge in [0, 0.05) is 17.6 Å². The quantitative estimate of drug-likeness (QED) is 0.501. The molecule has 0 spiro atoms. The summed E-state index contributed by atoms with van der Waals surface area (Å²) in [6.45, 7) is 11.8. The molecule has 3 aromatic rings. The van der Waals surface area contributed by atoms with Gasteiger partial charge in [-0.05, 0) is 114 Å². The minimum atomic E-state index is 0.623. The first-order valence-electron chi connectivity index (χ1n) is 13.2. The molecule has 0 amide bonds. The summed E-state index contributed by atoms with van der Waals surface area (Å²) < 4.78 is 10.9. The summed E-state index contributed by atoms with van der Waals surface area (Å²) in [6, 6.07) is 12.1. The molecule has 0 bridgehead atoms. The van der Waals surface area contributed by atoms with Gasteiger partial charge in [-0.3, -0.25) is 0 Å². The van der Waals surface area contributed by atoms with Crippen LogP contribution in [0.1, 0.15) is 56.6 Å². The van der Waals surface area contributed by atoms with Gasteiger partial charge in [0.15, 0.2) is 11.5 Å². The molecular formula is C29H40N4O2. The van der Waals surface area contributed by atoms with Crippen molar-refractivity contribution in [3.05, 3.63) is 41.5 Å². The third kappa shape index (κ3) is 4.91. The van der Waals surface area contributed by atoms with Crippen LogP contribution in [0.25, 0.3) is 22.4 Å². The predicted molar refractivity (Wildman–Crippen MR) is 143 cm³/mol. The van der Waals surface area contributed by atoms with Crippen LogP contribution in [-0.2, 0) is 0 Å². The van der Waals surface area contributed by atoms with Crippen LogP contribution < -0.4 is 9.47 Å². The number of ether oxygens (including phenoxy) is 2. The van der Waals surface area contributed by atoms with Gasteiger partial charge in [-0.25, -0.2) is 4.98 Å². The molecule has 6 nitrogen and oxygen atoms in total. The van der Waals surface area contributed by atoms with Crippen LogP contribution in [0.15, 0.2) is 30.3 Å². The molecule has 0 atom stereocenters. The van der Waals surface area contributed by atoms with Crippen molar-refractivity contribution in [1.29, 1.82) is 0 Å². The first kappa shape index (κ1) is 24.1. The molecule has 6 heteroatoms. The summed E-state index contributed by atoms with van der Waals surface area (Å²) in [5.41, 5.74) is 5.86. The smallest absolute Gasteiger partial charge is 0.161 e. The Morgan fingerprint density at radius 2 is 1.63 bits per heavy atom. The van der Waals surface area contributed by atoms with Gasteiger partial charge in [-0.15, -0.1) is 0 Å². The Balaban J connectivity index is 1.29. The normalized spacial score (nSPS) is 19.0. The van der Waals surface area contributed by atoms with Gasteiger partial charge >= 0.3 is 0 Å². The van der Waals surface area contributed by atoms with Crippen molar-refractivity contribution in [3.8, 4) is 22.9 Å². The molecule has 35 heavy (non-hydrogen) atoms. The number of piperidine rings is 2. The van der Waals surface area contributed by atoms with Crippen molar-refractivity contribution in [2.75, 3.05) is 40.4 Å². The van der Waals surface area contributed by atoms with Crippen molar-refractivity contribution in [1.82, 2.24) is 19.8 Å². The zero-order valence-corrected chi connectivity index (χ0v) is 21.9. The van der Waals surface area contributed by atoms with E-state index in [2.05, 4.69) is 47.7 Å². The fourth-order valence-electron chi connectivity index (χ4n) is 6.04. The van der Waals surface area contributed by atoms with E-state index in [9.17, 15) is 0 Å². The second-order valence-electron chi connectivity index (χ2n) is 10.6. The highest BCUT2D eigenvalue weighted by Gasteiger charge is 2.29. The monoisotopic (exact) mass is 476 g/mol. The molecule has 2 aliphatic rings. The number of hydrogen-bond acceptors (Lipinski definition) is 5. The number of likely N-dealkylation sites (tertiary alicyclic amines) is 2. The van der Waals surface area contributed by atoms with Crippen molar-refractivity contribution in [2.45, 2.75) is 64.5 Å². The van der Waals surface area contributed by atoms with Crippen LogP contribution in [0.5, 0.6) is 11.5 Å². The summed E-state index contributed by atoms with van der Waals surface area (Å²) >= 11 is 0. The lowest BCUT2D eigenvalue weighted by atomic mass is 9.87. The standard InChI is InChI=1S/C29H40N4O2/c1-19(2)32-14-10-24(11-15-32)33-12-8-21(9-13-33)23-16-20(3)28-25(17-23)30-29(31-28)22-6-7-26(34-4)27(18-22)35-5/h6-7,16-19,21,24H,8-15H2,1-5H3,(H,30,31). The van der Waals surface area contributed by atoms with E-state index < -0.39 is 0 Å². The van der Waals surface area contributed by atoms with Crippen molar-refractivity contribution in [2.24, 2.45) is 0 Å². The molecule has 0 unspecified atom stereocenters. The van der Waals surface area contributed by atoms with Gasteiger partial charge in [-0.1, -0.05) is 6.07 Å². The summed E-state index contributed by atoms with van der Waals surface area (Å²) in [4.78, 5) is 13.9. The Hall–Kier alpha value is -2.57. The SMILES string of the molecule is COc1ccc(-c2nc3c(C)cc(C4CCN(C5CCN(C(C)C)CC5)CC4)cc3[nH]2)cc1OC. The van der Waals surface area contributed by atoms with Crippen LogP contribution in [0, 0.1) is 6.92 Å². The van der Waals surface area contributed by atoms with Gasteiger partial charge in [0.1, 0.15) is 5.82 Å². The second-order valence-corrected chi connectivity index (χ2v) is 10.6.